The fourth-order valence-electron chi connectivity index (χ4n) is 3.25. The van der Waals surface area contributed by atoms with Gasteiger partial charge in [-0.05, 0) is 46.6 Å². The molecule has 1 aliphatic heterocycles. The summed E-state index contributed by atoms with van der Waals surface area (Å²) in [6.45, 7) is 4.18. The van der Waals surface area contributed by atoms with Crippen LogP contribution in [0.15, 0.2) is 49.9 Å². The molecule has 1 saturated heterocycles. The van der Waals surface area contributed by atoms with Gasteiger partial charge >= 0.3 is 0 Å². The largest absolute Gasteiger partial charge is 0.444 e. The molecule has 0 bridgehead atoms. The number of hydrogen-bond acceptors (Lipinski definition) is 7. The second-order valence-electron chi connectivity index (χ2n) is 6.35. The van der Waals surface area contributed by atoms with Gasteiger partial charge in [-0.3, -0.25) is 4.90 Å². The molecule has 7 nitrogen and oxygen atoms in total. The fraction of sp³-hybridized carbons (Fsp3) is 0.316. The van der Waals surface area contributed by atoms with Gasteiger partial charge in [-0.1, -0.05) is 12.1 Å². The smallest absolute Gasteiger partial charge is 0.283 e. The average Bonchev–Trinajstić information content (AvgIpc) is 3.26. The fourth-order valence-corrected chi connectivity index (χ4v) is 3.56. The molecule has 3 aromatic rings. The first kappa shape index (κ1) is 17.8. The number of aromatic nitrogens is 2. The minimum absolute atomic E-state index is 0.384. The number of nitriles is 1. The van der Waals surface area contributed by atoms with E-state index in [1.165, 1.54) is 0 Å². The number of nitrogens with zero attached hydrogens (tertiary/aromatic N) is 5. The molecular weight excluding hydrogens is 410 g/mol. The Morgan fingerprint density at radius 1 is 1.04 bits per heavy atom. The molecule has 8 heteroatoms. The molecular formula is C19H18BrN5O2. The standard InChI is InChI=1S/C19H18BrN5O2/c20-17-7-6-16(26-17)19-23-22-18(27-19)13-24-8-3-9-25(11-10-24)15-5-2-1-4-14(15)12-21/h1-2,4-7H,3,8-11,13H2. The third-order valence-corrected chi connectivity index (χ3v) is 4.99. The molecule has 2 aromatic heterocycles. The second kappa shape index (κ2) is 7.94. The van der Waals surface area contributed by atoms with Crippen LogP contribution in [0.2, 0.25) is 0 Å². The molecule has 27 heavy (non-hydrogen) atoms. The Bertz CT molecular complexity index is 961. The summed E-state index contributed by atoms with van der Waals surface area (Å²) < 4.78 is 11.8. The van der Waals surface area contributed by atoms with Gasteiger partial charge in [-0.25, -0.2) is 0 Å². The highest BCUT2D eigenvalue weighted by molar-refractivity contribution is 9.10. The predicted molar refractivity (Wildman–Crippen MR) is 103 cm³/mol. The molecule has 0 N–H and O–H groups in total. The monoisotopic (exact) mass is 427 g/mol. The Morgan fingerprint density at radius 3 is 2.74 bits per heavy atom. The zero-order chi connectivity index (χ0) is 18.6. The first-order valence-corrected chi connectivity index (χ1v) is 9.57. The van der Waals surface area contributed by atoms with E-state index in [1.54, 1.807) is 12.1 Å². The van der Waals surface area contributed by atoms with Crippen molar-refractivity contribution in [1.82, 2.24) is 15.1 Å². The van der Waals surface area contributed by atoms with E-state index >= 15 is 0 Å². The van der Waals surface area contributed by atoms with Gasteiger partial charge in [0.1, 0.15) is 6.07 Å². The average molecular weight is 428 g/mol. The molecule has 0 saturated carbocycles. The molecule has 0 amide bonds. The van der Waals surface area contributed by atoms with Crippen molar-refractivity contribution in [3.63, 3.8) is 0 Å². The number of halogens is 1. The summed E-state index contributed by atoms with van der Waals surface area (Å²) in [5.74, 6) is 1.51. The van der Waals surface area contributed by atoms with E-state index in [9.17, 15) is 5.26 Å². The molecule has 0 aliphatic carbocycles. The van der Waals surface area contributed by atoms with Crippen LogP contribution in [0.5, 0.6) is 0 Å². The van der Waals surface area contributed by atoms with Crippen molar-refractivity contribution < 1.29 is 8.83 Å². The highest BCUT2D eigenvalue weighted by Gasteiger charge is 2.20. The normalized spacial score (nSPS) is 15.5. The van der Waals surface area contributed by atoms with Gasteiger partial charge in [0.2, 0.25) is 5.89 Å². The summed E-state index contributed by atoms with van der Waals surface area (Å²) in [6.07, 6.45) is 1.01. The minimum atomic E-state index is 0.384. The maximum atomic E-state index is 9.34. The Kier molecular flexibility index (Phi) is 5.23. The number of rotatable bonds is 4. The van der Waals surface area contributed by atoms with E-state index in [4.69, 9.17) is 8.83 Å². The summed E-state index contributed by atoms with van der Waals surface area (Å²) in [5.41, 5.74) is 1.72. The summed E-state index contributed by atoms with van der Waals surface area (Å²) in [4.78, 5) is 4.57. The minimum Gasteiger partial charge on any atom is -0.444 e. The number of hydrogen-bond donors (Lipinski definition) is 0. The molecule has 1 fully saturated rings. The summed E-state index contributed by atoms with van der Waals surface area (Å²) in [6, 6.07) is 13.6. The maximum Gasteiger partial charge on any atom is 0.283 e. The van der Waals surface area contributed by atoms with Crippen molar-refractivity contribution in [2.75, 3.05) is 31.1 Å². The van der Waals surface area contributed by atoms with Crippen molar-refractivity contribution in [2.24, 2.45) is 0 Å². The molecule has 138 valence electrons. The van der Waals surface area contributed by atoms with Crippen LogP contribution in [0.3, 0.4) is 0 Å². The lowest BCUT2D eigenvalue weighted by molar-refractivity contribution is 0.255. The molecule has 0 spiro atoms. The summed E-state index contributed by atoms with van der Waals surface area (Å²) in [7, 11) is 0. The third kappa shape index (κ3) is 4.04. The number of benzene rings is 1. The molecule has 0 unspecified atom stereocenters. The van der Waals surface area contributed by atoms with Crippen molar-refractivity contribution in [3.8, 4) is 17.7 Å². The van der Waals surface area contributed by atoms with Gasteiger partial charge in [0.15, 0.2) is 10.4 Å². The lowest BCUT2D eigenvalue weighted by Crippen LogP contribution is -2.31. The summed E-state index contributed by atoms with van der Waals surface area (Å²) >= 11 is 3.27. The van der Waals surface area contributed by atoms with Gasteiger partial charge in [-0.2, -0.15) is 5.26 Å². The van der Waals surface area contributed by atoms with Crippen LogP contribution in [0.1, 0.15) is 17.9 Å². The Hall–Kier alpha value is -2.63. The van der Waals surface area contributed by atoms with Crippen LogP contribution in [0.25, 0.3) is 11.7 Å². The van der Waals surface area contributed by atoms with Gasteiger partial charge in [0.25, 0.3) is 5.89 Å². The van der Waals surface area contributed by atoms with Gasteiger partial charge in [0.05, 0.1) is 17.8 Å². The van der Waals surface area contributed by atoms with Gasteiger partial charge in [-0.15, -0.1) is 10.2 Å². The highest BCUT2D eigenvalue weighted by Crippen LogP contribution is 2.25. The molecule has 4 rings (SSSR count). The second-order valence-corrected chi connectivity index (χ2v) is 7.13. The number of furan rings is 1. The van der Waals surface area contributed by atoms with Crippen LogP contribution < -0.4 is 4.90 Å². The molecule has 0 radical (unpaired) electrons. The first-order valence-electron chi connectivity index (χ1n) is 8.77. The topological polar surface area (TPSA) is 82.3 Å². The molecule has 1 aliphatic rings. The van der Waals surface area contributed by atoms with Crippen LogP contribution >= 0.6 is 15.9 Å². The highest BCUT2D eigenvalue weighted by atomic mass is 79.9. The first-order chi connectivity index (χ1) is 13.2. The van der Waals surface area contributed by atoms with Gasteiger partial charge < -0.3 is 13.7 Å². The predicted octanol–water partition coefficient (Wildman–Crippen LogP) is 3.68. The Balaban J connectivity index is 1.40. The summed E-state index contributed by atoms with van der Waals surface area (Å²) in [5, 5.41) is 17.5. The number of anilines is 1. The van der Waals surface area contributed by atoms with E-state index in [0.29, 0.717) is 28.8 Å². The van der Waals surface area contributed by atoms with Crippen LogP contribution in [-0.2, 0) is 6.54 Å². The Labute approximate surface area is 165 Å². The van der Waals surface area contributed by atoms with Crippen LogP contribution in [0, 0.1) is 11.3 Å². The molecule has 0 atom stereocenters. The maximum absolute atomic E-state index is 9.34. The lowest BCUT2D eigenvalue weighted by Gasteiger charge is -2.24. The Morgan fingerprint density at radius 2 is 1.93 bits per heavy atom. The van der Waals surface area contributed by atoms with E-state index in [1.807, 2.05) is 24.3 Å². The van der Waals surface area contributed by atoms with E-state index in [-0.39, 0.29) is 0 Å². The van der Waals surface area contributed by atoms with Crippen LogP contribution in [0.4, 0.5) is 5.69 Å². The number of para-hydroxylation sites is 1. The van der Waals surface area contributed by atoms with Crippen molar-refractivity contribution in [1.29, 1.82) is 5.26 Å². The van der Waals surface area contributed by atoms with E-state index in [2.05, 4.69) is 42.0 Å². The van der Waals surface area contributed by atoms with Crippen molar-refractivity contribution in [3.05, 3.63) is 52.5 Å². The molecule has 3 heterocycles. The van der Waals surface area contributed by atoms with Crippen LogP contribution in [-0.4, -0.2) is 41.3 Å². The quantitative estimate of drug-likeness (QED) is 0.627. The molecule has 1 aromatic carbocycles. The van der Waals surface area contributed by atoms with Crippen molar-refractivity contribution >= 4 is 21.6 Å². The zero-order valence-electron chi connectivity index (χ0n) is 14.6. The van der Waals surface area contributed by atoms with Gasteiger partial charge in [0, 0.05) is 26.2 Å². The van der Waals surface area contributed by atoms with E-state index in [0.717, 1.165) is 43.9 Å². The third-order valence-electron chi connectivity index (χ3n) is 4.56. The SMILES string of the molecule is N#Cc1ccccc1N1CCCN(Cc2nnc(-c3ccc(Br)o3)o2)CC1. The zero-order valence-corrected chi connectivity index (χ0v) is 16.2. The lowest BCUT2D eigenvalue weighted by atomic mass is 10.1. The van der Waals surface area contributed by atoms with Crippen molar-refractivity contribution in [2.45, 2.75) is 13.0 Å². The van der Waals surface area contributed by atoms with E-state index < -0.39 is 0 Å².